The summed E-state index contributed by atoms with van der Waals surface area (Å²) < 4.78 is 25.0. The van der Waals surface area contributed by atoms with E-state index in [4.69, 9.17) is 4.84 Å². The molecule has 3 rings (SSSR count). The number of nitrogens with zero attached hydrogens (tertiary/aromatic N) is 1. The third-order valence-corrected chi connectivity index (χ3v) is 5.45. The first-order valence-corrected chi connectivity index (χ1v) is 7.72. The van der Waals surface area contributed by atoms with Crippen molar-refractivity contribution in [2.75, 3.05) is 0 Å². The first-order chi connectivity index (χ1) is 8.69. The maximum atomic E-state index is 12.5. The maximum absolute atomic E-state index is 12.5. The Balaban J connectivity index is 1.96. The summed E-state index contributed by atoms with van der Waals surface area (Å²) in [6.07, 6.45) is 3.87. The van der Waals surface area contributed by atoms with Gasteiger partial charge >= 0.3 is 0 Å². The lowest BCUT2D eigenvalue weighted by atomic mass is 9.88. The molecule has 0 spiro atoms. The lowest BCUT2D eigenvalue weighted by molar-refractivity contribution is 0.0397. The van der Waals surface area contributed by atoms with Crippen LogP contribution in [0.25, 0.3) is 0 Å². The molecule has 4 nitrogen and oxygen atoms in total. The van der Waals surface area contributed by atoms with Crippen molar-refractivity contribution in [3.05, 3.63) is 30.3 Å². The van der Waals surface area contributed by atoms with Crippen LogP contribution in [0.1, 0.15) is 25.7 Å². The molecule has 1 aromatic carbocycles. The third-order valence-electron chi connectivity index (χ3n) is 3.63. The Hall–Kier alpha value is -1.36. The first-order valence-electron chi connectivity index (χ1n) is 6.23. The van der Waals surface area contributed by atoms with Crippen molar-refractivity contribution in [3.63, 3.8) is 0 Å². The van der Waals surface area contributed by atoms with E-state index in [-0.39, 0.29) is 17.1 Å². The SMILES string of the molecule is O=S(=O)(C1=NOC2CCCCC12)c1ccccc1. The lowest BCUT2D eigenvalue weighted by Gasteiger charge is -2.23. The minimum absolute atomic E-state index is 0.0350. The minimum Gasteiger partial charge on any atom is -0.391 e. The molecule has 2 aliphatic rings. The normalized spacial score (nSPS) is 27.2. The fraction of sp³-hybridized carbons (Fsp3) is 0.462. The van der Waals surface area contributed by atoms with Gasteiger partial charge < -0.3 is 4.84 Å². The van der Waals surface area contributed by atoms with Gasteiger partial charge in [-0.2, -0.15) is 0 Å². The Labute approximate surface area is 107 Å². The highest BCUT2D eigenvalue weighted by atomic mass is 32.2. The predicted octanol–water partition coefficient (Wildman–Crippen LogP) is 2.36. The number of hydrogen-bond donors (Lipinski definition) is 0. The number of sulfone groups is 1. The summed E-state index contributed by atoms with van der Waals surface area (Å²) in [7, 11) is -3.48. The molecular formula is C13H15NO3S. The third kappa shape index (κ3) is 1.82. The van der Waals surface area contributed by atoms with Gasteiger partial charge in [0, 0.05) is 0 Å². The van der Waals surface area contributed by atoms with Gasteiger partial charge in [-0.15, -0.1) is 0 Å². The summed E-state index contributed by atoms with van der Waals surface area (Å²) in [6, 6.07) is 8.46. The fourth-order valence-electron chi connectivity index (χ4n) is 2.66. The molecule has 2 unspecified atom stereocenters. The zero-order valence-corrected chi connectivity index (χ0v) is 10.8. The zero-order chi connectivity index (χ0) is 12.6. The predicted molar refractivity (Wildman–Crippen MR) is 67.9 cm³/mol. The molecule has 1 saturated carbocycles. The Morgan fingerprint density at radius 2 is 1.83 bits per heavy atom. The van der Waals surface area contributed by atoms with Crippen molar-refractivity contribution < 1.29 is 13.3 Å². The molecule has 5 heteroatoms. The second kappa shape index (κ2) is 4.39. The van der Waals surface area contributed by atoms with Gasteiger partial charge in [0.15, 0.2) is 5.04 Å². The van der Waals surface area contributed by atoms with Crippen molar-refractivity contribution in [2.45, 2.75) is 36.7 Å². The van der Waals surface area contributed by atoms with Gasteiger partial charge in [0.1, 0.15) is 6.10 Å². The maximum Gasteiger partial charge on any atom is 0.223 e. The second-order valence-corrected chi connectivity index (χ2v) is 6.68. The smallest absolute Gasteiger partial charge is 0.223 e. The Morgan fingerprint density at radius 1 is 1.11 bits per heavy atom. The van der Waals surface area contributed by atoms with Gasteiger partial charge in [-0.05, 0) is 31.4 Å². The van der Waals surface area contributed by atoms with Crippen molar-refractivity contribution in [3.8, 4) is 0 Å². The number of hydrogen-bond acceptors (Lipinski definition) is 4. The monoisotopic (exact) mass is 265 g/mol. The number of benzene rings is 1. The van der Waals surface area contributed by atoms with E-state index in [0.29, 0.717) is 4.90 Å². The number of fused-ring (bicyclic) bond motifs is 1. The van der Waals surface area contributed by atoms with Gasteiger partial charge in [0.05, 0.1) is 10.8 Å². The average molecular weight is 265 g/mol. The van der Waals surface area contributed by atoms with E-state index in [1.165, 1.54) is 0 Å². The Morgan fingerprint density at radius 3 is 2.61 bits per heavy atom. The van der Waals surface area contributed by atoms with Crippen LogP contribution >= 0.6 is 0 Å². The van der Waals surface area contributed by atoms with Crippen molar-refractivity contribution in [2.24, 2.45) is 11.1 Å². The van der Waals surface area contributed by atoms with E-state index in [0.717, 1.165) is 25.7 Å². The number of rotatable bonds is 1. The van der Waals surface area contributed by atoms with Gasteiger partial charge in [0.2, 0.25) is 9.84 Å². The van der Waals surface area contributed by atoms with Gasteiger partial charge in [-0.25, -0.2) is 8.42 Å². The van der Waals surface area contributed by atoms with Crippen LogP contribution in [0.4, 0.5) is 0 Å². The van der Waals surface area contributed by atoms with Crippen molar-refractivity contribution in [1.29, 1.82) is 0 Å². The molecule has 0 radical (unpaired) electrons. The summed E-state index contributed by atoms with van der Waals surface area (Å²) in [4.78, 5) is 5.59. The van der Waals surface area contributed by atoms with Gasteiger partial charge in [-0.1, -0.05) is 29.8 Å². The van der Waals surface area contributed by atoms with Crippen LogP contribution < -0.4 is 0 Å². The van der Waals surface area contributed by atoms with E-state index in [1.807, 2.05) is 0 Å². The summed E-state index contributed by atoms with van der Waals surface area (Å²) >= 11 is 0. The molecule has 1 aromatic rings. The van der Waals surface area contributed by atoms with Crippen LogP contribution in [0, 0.1) is 5.92 Å². The highest BCUT2D eigenvalue weighted by Gasteiger charge is 2.42. The highest BCUT2D eigenvalue weighted by Crippen LogP contribution is 2.35. The van der Waals surface area contributed by atoms with Crippen LogP contribution in [0.15, 0.2) is 40.4 Å². The van der Waals surface area contributed by atoms with Gasteiger partial charge in [0.25, 0.3) is 0 Å². The van der Waals surface area contributed by atoms with Crippen LogP contribution in [0.3, 0.4) is 0 Å². The molecule has 96 valence electrons. The van der Waals surface area contributed by atoms with E-state index in [1.54, 1.807) is 30.3 Å². The van der Waals surface area contributed by atoms with E-state index >= 15 is 0 Å². The Bertz CT molecular complexity index is 565. The van der Waals surface area contributed by atoms with Crippen LogP contribution in [-0.4, -0.2) is 19.6 Å². The van der Waals surface area contributed by atoms with Crippen LogP contribution in [-0.2, 0) is 14.7 Å². The van der Waals surface area contributed by atoms with E-state index < -0.39 is 9.84 Å². The molecule has 0 bridgehead atoms. The molecule has 1 aliphatic carbocycles. The molecule has 0 saturated heterocycles. The minimum atomic E-state index is -3.48. The summed E-state index contributed by atoms with van der Waals surface area (Å²) in [6.45, 7) is 0. The van der Waals surface area contributed by atoms with E-state index in [2.05, 4.69) is 5.16 Å². The molecule has 1 fully saturated rings. The molecule has 0 amide bonds. The van der Waals surface area contributed by atoms with Crippen molar-refractivity contribution >= 4 is 14.9 Å². The second-order valence-electron chi connectivity index (χ2n) is 4.78. The summed E-state index contributed by atoms with van der Waals surface area (Å²) in [5, 5.41) is 4.08. The molecule has 1 aliphatic heterocycles. The topological polar surface area (TPSA) is 55.7 Å². The molecular weight excluding hydrogens is 250 g/mol. The fourth-order valence-corrected chi connectivity index (χ4v) is 4.23. The molecule has 0 N–H and O–H groups in total. The molecule has 18 heavy (non-hydrogen) atoms. The molecule has 2 atom stereocenters. The summed E-state index contributed by atoms with van der Waals surface area (Å²) in [5.41, 5.74) is 0. The van der Waals surface area contributed by atoms with Crippen LogP contribution in [0.5, 0.6) is 0 Å². The Kier molecular flexibility index (Phi) is 2.86. The number of oxime groups is 1. The standard InChI is InChI=1S/C13H15NO3S/c15-18(16,10-6-2-1-3-7-10)13-11-8-4-5-9-12(11)17-14-13/h1-3,6-7,11-12H,4-5,8-9H2. The largest absolute Gasteiger partial charge is 0.391 e. The summed E-state index contributed by atoms with van der Waals surface area (Å²) in [5.74, 6) is -0.0519. The zero-order valence-electron chi connectivity index (χ0n) is 9.95. The van der Waals surface area contributed by atoms with Crippen LogP contribution in [0.2, 0.25) is 0 Å². The van der Waals surface area contributed by atoms with Crippen molar-refractivity contribution in [1.82, 2.24) is 0 Å². The van der Waals surface area contributed by atoms with E-state index in [9.17, 15) is 8.42 Å². The molecule has 0 aromatic heterocycles. The highest BCUT2D eigenvalue weighted by molar-refractivity contribution is 8.06. The van der Waals surface area contributed by atoms with Gasteiger partial charge in [-0.3, -0.25) is 0 Å². The first kappa shape index (κ1) is 11.7. The quantitative estimate of drug-likeness (QED) is 0.783. The average Bonchev–Trinajstić information content (AvgIpc) is 2.84. The lowest BCUT2D eigenvalue weighted by Crippen LogP contribution is -2.31. The molecule has 1 heterocycles.